The van der Waals surface area contributed by atoms with Crippen LogP contribution in [0.1, 0.15) is 5.69 Å². The van der Waals surface area contributed by atoms with E-state index in [1.165, 1.54) is 0 Å². The van der Waals surface area contributed by atoms with Gasteiger partial charge in [0.2, 0.25) is 0 Å². The molecule has 17 heavy (non-hydrogen) atoms. The average Bonchev–Trinajstić information content (AvgIpc) is 2.38. The number of para-hydroxylation sites is 2. The summed E-state index contributed by atoms with van der Waals surface area (Å²) < 4.78 is 5.78. The highest BCUT2D eigenvalue weighted by Crippen LogP contribution is 2.26. The molecule has 1 aromatic carbocycles. The van der Waals surface area contributed by atoms with Crippen molar-refractivity contribution < 1.29 is 4.74 Å². The predicted octanol–water partition coefficient (Wildman–Crippen LogP) is 2.73. The Hall–Kier alpha value is -2.03. The van der Waals surface area contributed by atoms with Gasteiger partial charge in [0.1, 0.15) is 12.4 Å². The molecule has 0 amide bonds. The van der Waals surface area contributed by atoms with Crippen LogP contribution in [0, 0.1) is 0 Å². The fourth-order valence-electron chi connectivity index (χ4n) is 1.58. The van der Waals surface area contributed by atoms with E-state index >= 15 is 0 Å². The standard InChI is InChI=1S/C14H16N2O/c1-16(2)13-8-3-4-9-14(13)17-11-12-7-5-6-10-15-12/h3-10H,11H2,1-2H3. The quantitative estimate of drug-likeness (QED) is 0.804. The third-order valence-electron chi connectivity index (χ3n) is 2.45. The summed E-state index contributed by atoms with van der Waals surface area (Å²) in [6.45, 7) is 0.492. The van der Waals surface area contributed by atoms with Gasteiger partial charge in [0.05, 0.1) is 11.4 Å². The summed E-state index contributed by atoms with van der Waals surface area (Å²) in [5.41, 5.74) is 2.00. The maximum Gasteiger partial charge on any atom is 0.143 e. The van der Waals surface area contributed by atoms with E-state index in [1.54, 1.807) is 6.20 Å². The Labute approximate surface area is 102 Å². The molecule has 0 saturated carbocycles. The van der Waals surface area contributed by atoms with E-state index < -0.39 is 0 Å². The zero-order valence-corrected chi connectivity index (χ0v) is 10.1. The molecule has 1 aromatic heterocycles. The Kier molecular flexibility index (Phi) is 3.60. The third-order valence-corrected chi connectivity index (χ3v) is 2.45. The van der Waals surface area contributed by atoms with Crippen molar-refractivity contribution in [2.45, 2.75) is 6.61 Å². The van der Waals surface area contributed by atoms with Crippen LogP contribution in [0.3, 0.4) is 0 Å². The lowest BCUT2D eigenvalue weighted by molar-refractivity contribution is 0.302. The molecular formula is C14H16N2O. The Balaban J connectivity index is 2.09. The number of hydrogen-bond donors (Lipinski definition) is 0. The zero-order chi connectivity index (χ0) is 12.1. The fourth-order valence-corrected chi connectivity index (χ4v) is 1.58. The van der Waals surface area contributed by atoms with Crippen LogP contribution >= 0.6 is 0 Å². The van der Waals surface area contributed by atoms with Crippen LogP contribution in [0.5, 0.6) is 5.75 Å². The number of rotatable bonds is 4. The molecule has 0 saturated heterocycles. The van der Waals surface area contributed by atoms with Gasteiger partial charge in [-0.05, 0) is 24.3 Å². The van der Waals surface area contributed by atoms with Crippen molar-refractivity contribution in [2.24, 2.45) is 0 Å². The maximum absolute atomic E-state index is 5.78. The molecule has 0 unspecified atom stereocenters. The topological polar surface area (TPSA) is 25.4 Å². The van der Waals surface area contributed by atoms with Gasteiger partial charge in [0, 0.05) is 20.3 Å². The molecule has 2 rings (SSSR count). The molecule has 0 aliphatic rings. The van der Waals surface area contributed by atoms with E-state index in [0.29, 0.717) is 6.61 Å². The van der Waals surface area contributed by atoms with Crippen molar-refractivity contribution in [3.8, 4) is 5.75 Å². The highest BCUT2D eigenvalue weighted by Gasteiger charge is 2.04. The summed E-state index contributed by atoms with van der Waals surface area (Å²) in [7, 11) is 4.01. The number of benzene rings is 1. The Bertz CT molecular complexity index is 469. The molecule has 1 heterocycles. The molecule has 0 fully saturated rings. The molecule has 0 aliphatic carbocycles. The highest BCUT2D eigenvalue weighted by molar-refractivity contribution is 5.57. The van der Waals surface area contributed by atoms with Gasteiger partial charge in [-0.25, -0.2) is 0 Å². The van der Waals surface area contributed by atoms with Crippen LogP contribution in [0.25, 0.3) is 0 Å². The second-order valence-electron chi connectivity index (χ2n) is 3.97. The molecule has 0 radical (unpaired) electrons. The summed E-state index contributed by atoms with van der Waals surface area (Å²) in [6.07, 6.45) is 1.77. The molecule has 0 spiro atoms. The van der Waals surface area contributed by atoms with Gasteiger partial charge in [-0.3, -0.25) is 4.98 Å². The van der Waals surface area contributed by atoms with Crippen molar-refractivity contribution in [1.29, 1.82) is 0 Å². The van der Waals surface area contributed by atoms with Gasteiger partial charge in [-0.2, -0.15) is 0 Å². The highest BCUT2D eigenvalue weighted by atomic mass is 16.5. The zero-order valence-electron chi connectivity index (χ0n) is 10.1. The Morgan fingerprint density at radius 2 is 1.82 bits per heavy atom. The molecular weight excluding hydrogens is 212 g/mol. The molecule has 2 aromatic rings. The lowest BCUT2D eigenvalue weighted by Gasteiger charge is -2.17. The van der Waals surface area contributed by atoms with Crippen molar-refractivity contribution in [3.63, 3.8) is 0 Å². The van der Waals surface area contributed by atoms with Crippen molar-refractivity contribution in [1.82, 2.24) is 4.98 Å². The second kappa shape index (κ2) is 5.34. The molecule has 0 N–H and O–H groups in total. The largest absolute Gasteiger partial charge is 0.485 e. The van der Waals surface area contributed by atoms with Gasteiger partial charge >= 0.3 is 0 Å². The number of hydrogen-bond acceptors (Lipinski definition) is 3. The van der Waals surface area contributed by atoms with Crippen molar-refractivity contribution >= 4 is 5.69 Å². The first kappa shape index (κ1) is 11.5. The summed E-state index contributed by atoms with van der Waals surface area (Å²) in [5, 5.41) is 0. The third kappa shape index (κ3) is 2.97. The molecule has 88 valence electrons. The smallest absolute Gasteiger partial charge is 0.143 e. The summed E-state index contributed by atoms with van der Waals surface area (Å²) in [6, 6.07) is 13.8. The summed E-state index contributed by atoms with van der Waals surface area (Å²) >= 11 is 0. The van der Waals surface area contributed by atoms with Crippen LogP contribution in [0.2, 0.25) is 0 Å². The van der Waals surface area contributed by atoms with E-state index in [4.69, 9.17) is 4.74 Å². The number of nitrogens with zero attached hydrogens (tertiary/aromatic N) is 2. The minimum absolute atomic E-state index is 0.492. The number of pyridine rings is 1. The summed E-state index contributed by atoms with van der Waals surface area (Å²) in [5.74, 6) is 0.878. The molecule has 3 heteroatoms. The fraction of sp³-hybridized carbons (Fsp3) is 0.214. The van der Waals surface area contributed by atoms with Crippen LogP contribution in [-0.4, -0.2) is 19.1 Å². The van der Waals surface area contributed by atoms with Gasteiger partial charge in [0.25, 0.3) is 0 Å². The lowest BCUT2D eigenvalue weighted by Crippen LogP contribution is -2.10. The van der Waals surface area contributed by atoms with E-state index in [2.05, 4.69) is 4.98 Å². The predicted molar refractivity (Wildman–Crippen MR) is 69.3 cm³/mol. The first-order chi connectivity index (χ1) is 8.27. The molecule has 0 aliphatic heterocycles. The average molecular weight is 228 g/mol. The first-order valence-corrected chi connectivity index (χ1v) is 5.56. The van der Waals surface area contributed by atoms with Gasteiger partial charge < -0.3 is 9.64 Å². The van der Waals surface area contributed by atoms with Crippen molar-refractivity contribution in [2.75, 3.05) is 19.0 Å². The van der Waals surface area contributed by atoms with Crippen LogP contribution in [-0.2, 0) is 6.61 Å². The Morgan fingerprint density at radius 3 is 2.53 bits per heavy atom. The number of aromatic nitrogens is 1. The molecule has 0 atom stereocenters. The number of anilines is 1. The maximum atomic E-state index is 5.78. The van der Waals surface area contributed by atoms with Crippen LogP contribution in [0.15, 0.2) is 48.7 Å². The van der Waals surface area contributed by atoms with E-state index in [9.17, 15) is 0 Å². The van der Waals surface area contributed by atoms with Gasteiger partial charge in [0.15, 0.2) is 0 Å². The van der Waals surface area contributed by atoms with Gasteiger partial charge in [-0.1, -0.05) is 18.2 Å². The molecule has 0 bridgehead atoms. The Morgan fingerprint density at radius 1 is 1.06 bits per heavy atom. The molecule has 3 nitrogen and oxygen atoms in total. The number of ether oxygens (including phenoxy) is 1. The van der Waals surface area contributed by atoms with Crippen LogP contribution in [0.4, 0.5) is 5.69 Å². The SMILES string of the molecule is CN(C)c1ccccc1OCc1ccccn1. The van der Waals surface area contributed by atoms with E-state index in [1.807, 2.05) is 61.5 Å². The van der Waals surface area contributed by atoms with E-state index in [-0.39, 0.29) is 0 Å². The monoisotopic (exact) mass is 228 g/mol. The lowest BCUT2D eigenvalue weighted by atomic mass is 10.3. The minimum Gasteiger partial charge on any atom is -0.485 e. The minimum atomic E-state index is 0.492. The van der Waals surface area contributed by atoms with E-state index in [0.717, 1.165) is 17.1 Å². The normalized spacial score (nSPS) is 10.0. The van der Waals surface area contributed by atoms with Crippen LogP contribution < -0.4 is 9.64 Å². The second-order valence-corrected chi connectivity index (χ2v) is 3.97. The first-order valence-electron chi connectivity index (χ1n) is 5.56. The van der Waals surface area contributed by atoms with Gasteiger partial charge in [-0.15, -0.1) is 0 Å². The van der Waals surface area contributed by atoms with Crippen molar-refractivity contribution in [3.05, 3.63) is 54.4 Å². The summed E-state index contributed by atoms with van der Waals surface area (Å²) in [4.78, 5) is 6.27.